The number of amides is 1. The van der Waals surface area contributed by atoms with Crippen LogP contribution in [0.4, 0.5) is 5.82 Å². The molecule has 0 spiro atoms. The van der Waals surface area contributed by atoms with E-state index in [0.717, 1.165) is 37.3 Å². The molecule has 1 heterocycles. The van der Waals surface area contributed by atoms with Crippen molar-refractivity contribution in [1.82, 2.24) is 9.78 Å². The average molecular weight is 350 g/mol. The minimum Gasteiger partial charge on any atom is -0.293 e. The van der Waals surface area contributed by atoms with Crippen molar-refractivity contribution < 1.29 is 4.79 Å². The molecule has 1 saturated carbocycles. The smallest absolute Gasteiger partial charge is 0.231 e. The first-order chi connectivity index (χ1) is 12.5. The minimum atomic E-state index is 0.0613. The van der Waals surface area contributed by atoms with Crippen molar-refractivity contribution in [2.45, 2.75) is 52.5 Å². The Morgan fingerprint density at radius 1 is 1.19 bits per heavy atom. The molecule has 2 aromatic rings. The summed E-state index contributed by atoms with van der Waals surface area (Å²) in [5.41, 5.74) is 1.49. The molecule has 1 aromatic heterocycles. The molecule has 0 saturated heterocycles. The van der Waals surface area contributed by atoms with E-state index in [1.165, 1.54) is 0 Å². The lowest BCUT2D eigenvalue weighted by Crippen LogP contribution is -2.42. The Morgan fingerprint density at radius 3 is 2.42 bits per heavy atom. The molecular formula is C21H26N4O. The van der Waals surface area contributed by atoms with Crippen LogP contribution in [0.5, 0.6) is 0 Å². The topological polar surface area (TPSA) is 61.9 Å². The number of rotatable bonds is 4. The molecule has 26 heavy (non-hydrogen) atoms. The first-order valence-electron chi connectivity index (χ1n) is 9.39. The molecule has 0 bridgehead atoms. The predicted octanol–water partition coefficient (Wildman–Crippen LogP) is 4.31. The second-order valence-corrected chi connectivity index (χ2v) is 7.54. The Kier molecular flexibility index (Phi) is 5.41. The molecule has 1 aliphatic rings. The van der Waals surface area contributed by atoms with Crippen LogP contribution in [0.25, 0.3) is 5.69 Å². The van der Waals surface area contributed by atoms with Gasteiger partial charge in [-0.05, 0) is 69.7 Å². The normalized spacial score (nSPS) is 20.0. The van der Waals surface area contributed by atoms with E-state index >= 15 is 0 Å². The Labute approximate surface area is 155 Å². The highest BCUT2D eigenvalue weighted by molar-refractivity contribution is 5.94. The van der Waals surface area contributed by atoms with Gasteiger partial charge in [-0.15, -0.1) is 5.10 Å². The van der Waals surface area contributed by atoms with Gasteiger partial charge in [-0.3, -0.25) is 9.69 Å². The van der Waals surface area contributed by atoms with Gasteiger partial charge in [0.05, 0.1) is 17.3 Å². The second kappa shape index (κ2) is 7.74. The number of benzene rings is 1. The van der Waals surface area contributed by atoms with E-state index in [-0.39, 0.29) is 17.9 Å². The van der Waals surface area contributed by atoms with Crippen LogP contribution in [0, 0.1) is 23.2 Å². The molecule has 3 rings (SSSR count). The maximum absolute atomic E-state index is 13.1. The fraction of sp³-hybridized carbons (Fsp3) is 0.476. The summed E-state index contributed by atoms with van der Waals surface area (Å²) >= 11 is 0. The number of aromatic nitrogens is 2. The average Bonchev–Trinajstić information content (AvgIpc) is 3.11. The Morgan fingerprint density at radius 2 is 1.85 bits per heavy atom. The van der Waals surface area contributed by atoms with E-state index in [0.29, 0.717) is 11.4 Å². The summed E-state index contributed by atoms with van der Waals surface area (Å²) in [6.45, 7) is 6.33. The largest absolute Gasteiger partial charge is 0.293 e. The maximum Gasteiger partial charge on any atom is 0.231 e. The van der Waals surface area contributed by atoms with E-state index in [9.17, 15) is 4.79 Å². The first kappa shape index (κ1) is 18.2. The summed E-state index contributed by atoms with van der Waals surface area (Å²) in [6, 6.07) is 11.3. The van der Waals surface area contributed by atoms with Gasteiger partial charge in [0.2, 0.25) is 5.91 Å². The van der Waals surface area contributed by atoms with Crippen molar-refractivity contribution in [3.63, 3.8) is 0 Å². The second-order valence-electron chi connectivity index (χ2n) is 7.54. The molecular weight excluding hydrogens is 324 g/mol. The fourth-order valence-corrected chi connectivity index (χ4v) is 3.61. The lowest BCUT2D eigenvalue weighted by atomic mass is 9.82. The Hall–Kier alpha value is -2.61. The number of carbonyl (C=O) groups is 1. The quantitative estimate of drug-likeness (QED) is 0.825. The van der Waals surface area contributed by atoms with E-state index < -0.39 is 0 Å². The van der Waals surface area contributed by atoms with Crippen molar-refractivity contribution in [3.05, 3.63) is 42.1 Å². The summed E-state index contributed by atoms with van der Waals surface area (Å²) in [5, 5.41) is 13.5. The highest BCUT2D eigenvalue weighted by Crippen LogP contribution is 2.31. The van der Waals surface area contributed by atoms with Gasteiger partial charge in [-0.1, -0.05) is 6.92 Å². The van der Waals surface area contributed by atoms with Crippen molar-refractivity contribution in [2.24, 2.45) is 11.8 Å². The molecule has 5 heteroatoms. The third-order valence-corrected chi connectivity index (χ3v) is 5.20. The molecule has 1 amide bonds. The van der Waals surface area contributed by atoms with Crippen LogP contribution in [0.1, 0.15) is 52.0 Å². The van der Waals surface area contributed by atoms with Crippen molar-refractivity contribution in [2.75, 3.05) is 4.90 Å². The molecule has 5 nitrogen and oxygen atoms in total. The van der Waals surface area contributed by atoms with E-state index in [4.69, 9.17) is 5.26 Å². The third-order valence-electron chi connectivity index (χ3n) is 5.20. The van der Waals surface area contributed by atoms with Crippen LogP contribution in [0.3, 0.4) is 0 Å². The van der Waals surface area contributed by atoms with E-state index in [2.05, 4.69) is 18.1 Å². The summed E-state index contributed by atoms with van der Waals surface area (Å²) in [4.78, 5) is 15.0. The van der Waals surface area contributed by atoms with Gasteiger partial charge >= 0.3 is 0 Å². The lowest BCUT2D eigenvalue weighted by Gasteiger charge is -2.32. The molecule has 0 radical (unpaired) electrons. The van der Waals surface area contributed by atoms with Crippen molar-refractivity contribution in [3.8, 4) is 11.8 Å². The number of hydrogen-bond donors (Lipinski definition) is 0. The molecule has 136 valence electrons. The SMILES string of the molecule is CC1CCC(C(=O)N(c2ccn(-c3ccc(C#N)cc3)n2)C(C)C)CC1. The molecule has 1 aromatic carbocycles. The third kappa shape index (κ3) is 3.80. The molecule has 0 unspecified atom stereocenters. The number of carbonyl (C=O) groups excluding carboxylic acids is 1. The van der Waals surface area contributed by atoms with Gasteiger partial charge in [0.15, 0.2) is 5.82 Å². The number of anilines is 1. The molecule has 1 fully saturated rings. The van der Waals surface area contributed by atoms with Gasteiger partial charge in [-0.25, -0.2) is 4.68 Å². The van der Waals surface area contributed by atoms with E-state index in [1.807, 2.05) is 43.1 Å². The van der Waals surface area contributed by atoms with Crippen LogP contribution in [0.15, 0.2) is 36.5 Å². The van der Waals surface area contributed by atoms with Gasteiger partial charge in [-0.2, -0.15) is 5.26 Å². The van der Waals surface area contributed by atoms with Crippen LogP contribution < -0.4 is 4.90 Å². The highest BCUT2D eigenvalue weighted by atomic mass is 16.2. The lowest BCUT2D eigenvalue weighted by molar-refractivity contribution is -0.123. The Balaban J connectivity index is 1.81. The number of nitrogens with zero attached hydrogens (tertiary/aromatic N) is 4. The maximum atomic E-state index is 13.1. The number of hydrogen-bond acceptors (Lipinski definition) is 3. The van der Waals surface area contributed by atoms with Gasteiger partial charge < -0.3 is 0 Å². The molecule has 0 aliphatic heterocycles. The zero-order valence-corrected chi connectivity index (χ0v) is 15.7. The van der Waals surface area contributed by atoms with Crippen molar-refractivity contribution in [1.29, 1.82) is 5.26 Å². The van der Waals surface area contributed by atoms with Crippen molar-refractivity contribution >= 4 is 11.7 Å². The summed E-state index contributed by atoms with van der Waals surface area (Å²) in [5.74, 6) is 1.71. The summed E-state index contributed by atoms with van der Waals surface area (Å²) < 4.78 is 1.75. The molecule has 0 N–H and O–H groups in total. The first-order valence-corrected chi connectivity index (χ1v) is 9.39. The standard InChI is InChI=1S/C21H26N4O/c1-15(2)25(21(26)18-8-4-16(3)5-9-18)20-12-13-24(23-20)19-10-6-17(14-22)7-11-19/h6-7,10-13,15-16,18H,4-5,8-9H2,1-3H3. The van der Waals surface area contributed by atoms with Gasteiger partial charge in [0.1, 0.15) is 0 Å². The predicted molar refractivity (Wildman–Crippen MR) is 102 cm³/mol. The van der Waals surface area contributed by atoms with Crippen LogP contribution in [-0.2, 0) is 4.79 Å². The van der Waals surface area contributed by atoms with Crippen LogP contribution >= 0.6 is 0 Å². The Bertz CT molecular complexity index is 792. The van der Waals surface area contributed by atoms with E-state index in [1.54, 1.807) is 16.8 Å². The fourth-order valence-electron chi connectivity index (χ4n) is 3.61. The zero-order valence-electron chi connectivity index (χ0n) is 15.7. The minimum absolute atomic E-state index is 0.0613. The zero-order chi connectivity index (χ0) is 18.7. The number of nitriles is 1. The monoisotopic (exact) mass is 350 g/mol. The van der Waals surface area contributed by atoms with Crippen LogP contribution in [0.2, 0.25) is 0 Å². The molecule has 0 atom stereocenters. The molecule has 1 aliphatic carbocycles. The summed E-state index contributed by atoms with van der Waals surface area (Å²) in [6.07, 6.45) is 6.06. The highest BCUT2D eigenvalue weighted by Gasteiger charge is 2.31. The van der Waals surface area contributed by atoms with Gasteiger partial charge in [0.25, 0.3) is 0 Å². The van der Waals surface area contributed by atoms with Crippen LogP contribution in [-0.4, -0.2) is 21.7 Å². The van der Waals surface area contributed by atoms with Gasteiger partial charge in [0, 0.05) is 24.2 Å². The summed E-state index contributed by atoms with van der Waals surface area (Å²) in [7, 11) is 0.